The van der Waals surface area contributed by atoms with Gasteiger partial charge >= 0.3 is 5.97 Å². The molecule has 0 amide bonds. The zero-order chi connectivity index (χ0) is 25.9. The van der Waals surface area contributed by atoms with Gasteiger partial charge < -0.3 is 10.0 Å². The fourth-order valence-electron chi connectivity index (χ4n) is 5.87. The molecule has 2 fully saturated rings. The van der Waals surface area contributed by atoms with Crippen LogP contribution in [-0.4, -0.2) is 58.4 Å². The quantitative estimate of drug-likeness (QED) is 0.314. The predicted molar refractivity (Wildman–Crippen MR) is 153 cm³/mol. The van der Waals surface area contributed by atoms with Gasteiger partial charge in [0.15, 0.2) is 0 Å². The fraction of sp³-hybridized carbons (Fsp3) is 0.323. The highest BCUT2D eigenvalue weighted by Crippen LogP contribution is 2.35. The summed E-state index contributed by atoms with van der Waals surface area (Å²) in [4.78, 5) is 16.3. The Kier molecular flexibility index (Phi) is 7.20. The average molecular weight is 525 g/mol. The number of hydrogen-bond acceptors (Lipinski definition) is 6. The molecular weight excluding hydrogens is 492 g/mol. The first-order chi connectivity index (χ1) is 18.6. The molecule has 6 nitrogen and oxygen atoms in total. The molecule has 0 bridgehead atoms. The lowest BCUT2D eigenvalue weighted by Crippen LogP contribution is -2.51. The van der Waals surface area contributed by atoms with Crippen LogP contribution in [0.5, 0.6) is 0 Å². The van der Waals surface area contributed by atoms with E-state index < -0.39 is 5.97 Å². The molecule has 0 radical (unpaired) electrons. The third kappa shape index (κ3) is 5.35. The Bertz CT molecular complexity index is 1360. The molecule has 1 aliphatic heterocycles. The summed E-state index contributed by atoms with van der Waals surface area (Å²) in [7, 11) is 0. The maximum absolute atomic E-state index is 11.1. The molecule has 1 aliphatic carbocycles. The summed E-state index contributed by atoms with van der Waals surface area (Å²) in [6, 6.07) is 27.2. The van der Waals surface area contributed by atoms with E-state index in [9.17, 15) is 4.79 Å². The van der Waals surface area contributed by atoms with E-state index in [4.69, 9.17) is 5.11 Å². The number of anilines is 1. The molecule has 194 valence electrons. The lowest BCUT2D eigenvalue weighted by Gasteiger charge is -2.42. The molecule has 0 spiro atoms. The minimum absolute atomic E-state index is 0.269. The number of hydrogen-bond donors (Lipinski definition) is 1. The Hall–Kier alpha value is -3.55. The number of carboxylic acids is 1. The van der Waals surface area contributed by atoms with Gasteiger partial charge in [-0.1, -0.05) is 53.8 Å². The van der Waals surface area contributed by atoms with Gasteiger partial charge in [-0.2, -0.15) is 0 Å². The highest BCUT2D eigenvalue weighted by Gasteiger charge is 2.29. The van der Waals surface area contributed by atoms with E-state index >= 15 is 0 Å². The Labute approximate surface area is 227 Å². The molecule has 1 aromatic heterocycles. The van der Waals surface area contributed by atoms with E-state index in [2.05, 4.69) is 74.6 Å². The van der Waals surface area contributed by atoms with Crippen LogP contribution < -0.4 is 4.90 Å². The van der Waals surface area contributed by atoms with Crippen molar-refractivity contribution in [3.63, 3.8) is 0 Å². The number of rotatable bonds is 6. The van der Waals surface area contributed by atoms with Crippen molar-refractivity contribution < 1.29 is 9.90 Å². The van der Waals surface area contributed by atoms with Crippen LogP contribution in [0.4, 0.5) is 5.69 Å². The molecule has 4 aromatic rings. The second kappa shape index (κ2) is 11.1. The molecule has 1 saturated heterocycles. The van der Waals surface area contributed by atoms with Crippen LogP contribution in [-0.2, 0) is 0 Å². The maximum atomic E-state index is 11.1. The summed E-state index contributed by atoms with van der Waals surface area (Å²) in [6.45, 7) is 4.38. The van der Waals surface area contributed by atoms with Crippen LogP contribution >= 0.6 is 11.3 Å². The summed E-state index contributed by atoms with van der Waals surface area (Å²) in [5.41, 5.74) is 4.97. The van der Waals surface area contributed by atoms with Crippen molar-refractivity contribution in [2.24, 2.45) is 0 Å². The summed E-state index contributed by atoms with van der Waals surface area (Å²) in [5.74, 6) is -0.198. The van der Waals surface area contributed by atoms with Crippen molar-refractivity contribution in [1.82, 2.24) is 15.1 Å². The maximum Gasteiger partial charge on any atom is 0.335 e. The second-order valence-electron chi connectivity index (χ2n) is 10.3. The number of carboxylic acid groups (broad SMARTS) is 1. The molecule has 7 heteroatoms. The zero-order valence-corrected chi connectivity index (χ0v) is 22.2. The number of carbonyl (C=O) groups is 1. The van der Waals surface area contributed by atoms with Crippen LogP contribution in [0, 0.1) is 0 Å². The zero-order valence-electron chi connectivity index (χ0n) is 21.4. The van der Waals surface area contributed by atoms with E-state index in [1.165, 1.54) is 48.3 Å². The lowest BCUT2D eigenvalue weighted by molar-refractivity contribution is 0.0697. The fourth-order valence-corrected chi connectivity index (χ4v) is 6.73. The standard InChI is InChI=1S/C31H32N4O2S/c36-31(37)26-8-6-24(7-9-26)29-32-33-30(38-29)25-12-16-28(17-13-25)35-20-18-34(19-21-35)27-14-10-23(11-15-27)22-4-2-1-3-5-22/h1-9,12-13,16-17,23,27H,10-11,14-15,18-21H2,(H,36,37). The van der Waals surface area contributed by atoms with Crippen molar-refractivity contribution in [3.8, 4) is 21.1 Å². The number of benzene rings is 3. The van der Waals surface area contributed by atoms with Gasteiger partial charge in [0.05, 0.1) is 5.56 Å². The van der Waals surface area contributed by atoms with E-state index in [0.29, 0.717) is 0 Å². The van der Waals surface area contributed by atoms with Gasteiger partial charge in [0, 0.05) is 49.0 Å². The van der Waals surface area contributed by atoms with Crippen LogP contribution in [0.25, 0.3) is 21.1 Å². The van der Waals surface area contributed by atoms with Crippen molar-refractivity contribution >= 4 is 23.0 Å². The molecule has 1 saturated carbocycles. The largest absolute Gasteiger partial charge is 0.478 e. The van der Waals surface area contributed by atoms with E-state index in [0.717, 1.165) is 59.3 Å². The van der Waals surface area contributed by atoms with E-state index in [1.807, 2.05) is 0 Å². The van der Waals surface area contributed by atoms with E-state index in [-0.39, 0.29) is 5.56 Å². The molecule has 1 N–H and O–H groups in total. The van der Waals surface area contributed by atoms with Gasteiger partial charge in [-0.15, -0.1) is 10.2 Å². The normalized spacial score (nSPS) is 20.4. The Morgan fingerprint density at radius 3 is 1.89 bits per heavy atom. The minimum Gasteiger partial charge on any atom is -0.478 e. The number of nitrogens with zero attached hydrogens (tertiary/aromatic N) is 4. The minimum atomic E-state index is -0.929. The van der Waals surface area contributed by atoms with Crippen LogP contribution in [0.1, 0.15) is 47.5 Å². The summed E-state index contributed by atoms with van der Waals surface area (Å²) < 4.78 is 0. The van der Waals surface area contributed by atoms with Crippen molar-refractivity contribution in [2.45, 2.75) is 37.6 Å². The number of aromatic carboxylic acids is 1. The smallest absolute Gasteiger partial charge is 0.335 e. The van der Waals surface area contributed by atoms with Crippen LogP contribution in [0.2, 0.25) is 0 Å². The molecule has 2 heterocycles. The van der Waals surface area contributed by atoms with Gasteiger partial charge in [0.1, 0.15) is 10.0 Å². The number of aromatic nitrogens is 2. The molecule has 3 aromatic carbocycles. The first-order valence-corrected chi connectivity index (χ1v) is 14.3. The molecule has 38 heavy (non-hydrogen) atoms. The molecular formula is C31H32N4O2S. The van der Waals surface area contributed by atoms with Crippen molar-refractivity contribution in [1.29, 1.82) is 0 Å². The highest BCUT2D eigenvalue weighted by atomic mass is 32.1. The predicted octanol–water partition coefficient (Wildman–Crippen LogP) is 6.42. The third-order valence-corrected chi connectivity index (χ3v) is 9.10. The summed E-state index contributed by atoms with van der Waals surface area (Å²) in [5, 5.41) is 19.5. The highest BCUT2D eigenvalue weighted by molar-refractivity contribution is 7.17. The van der Waals surface area contributed by atoms with Gasteiger partial charge in [-0.05, 0) is 73.6 Å². The lowest BCUT2D eigenvalue weighted by atomic mass is 9.81. The van der Waals surface area contributed by atoms with Crippen molar-refractivity contribution in [2.75, 3.05) is 31.1 Å². The topological polar surface area (TPSA) is 69.6 Å². The molecule has 2 aliphatic rings. The summed E-state index contributed by atoms with van der Waals surface area (Å²) >= 11 is 1.52. The van der Waals surface area contributed by atoms with Crippen molar-refractivity contribution in [3.05, 3.63) is 90.0 Å². The van der Waals surface area contributed by atoms with Gasteiger partial charge in [0.2, 0.25) is 0 Å². The Morgan fingerprint density at radius 2 is 1.32 bits per heavy atom. The third-order valence-electron chi connectivity index (χ3n) is 8.08. The second-order valence-corrected chi connectivity index (χ2v) is 11.3. The van der Waals surface area contributed by atoms with Crippen LogP contribution in [0.3, 0.4) is 0 Å². The first-order valence-electron chi connectivity index (χ1n) is 13.5. The van der Waals surface area contributed by atoms with Gasteiger partial charge in [0.25, 0.3) is 0 Å². The van der Waals surface area contributed by atoms with Crippen LogP contribution in [0.15, 0.2) is 78.9 Å². The molecule has 0 unspecified atom stereocenters. The monoisotopic (exact) mass is 524 g/mol. The average Bonchev–Trinajstić information content (AvgIpc) is 3.49. The van der Waals surface area contributed by atoms with Gasteiger partial charge in [-0.25, -0.2) is 4.79 Å². The Balaban J connectivity index is 1.02. The Morgan fingerprint density at radius 1 is 0.737 bits per heavy atom. The van der Waals surface area contributed by atoms with Gasteiger partial charge in [-0.3, -0.25) is 4.90 Å². The summed E-state index contributed by atoms with van der Waals surface area (Å²) in [6.07, 6.45) is 5.22. The molecule has 0 atom stereocenters. The molecule has 6 rings (SSSR count). The first kappa shape index (κ1) is 24.8. The van der Waals surface area contributed by atoms with E-state index in [1.54, 1.807) is 24.3 Å². The SMILES string of the molecule is O=C(O)c1ccc(-c2nnc(-c3ccc(N4CCN(C5CCC(c6ccccc6)CC5)CC4)cc3)s2)cc1. The number of piperazine rings is 1.